The van der Waals surface area contributed by atoms with Gasteiger partial charge in [0.15, 0.2) is 0 Å². The van der Waals surface area contributed by atoms with Gasteiger partial charge in [-0.3, -0.25) is 4.72 Å². The molecule has 126 valence electrons. The summed E-state index contributed by atoms with van der Waals surface area (Å²) in [5, 5.41) is 0. The molecule has 0 aromatic heterocycles. The Balaban J connectivity index is 1.69. The Hall–Kier alpha value is -2.02. The van der Waals surface area contributed by atoms with E-state index in [0.29, 0.717) is 0 Å². The predicted molar refractivity (Wildman–Crippen MR) is 107 cm³/mol. The molecule has 0 aliphatic rings. The van der Waals surface area contributed by atoms with E-state index in [-0.39, 0.29) is 6.03 Å². The number of rotatable bonds is 6. The van der Waals surface area contributed by atoms with Crippen LogP contribution in [0.3, 0.4) is 0 Å². The lowest BCUT2D eigenvalue weighted by Crippen LogP contribution is -2.26. The van der Waals surface area contributed by atoms with Crippen molar-refractivity contribution in [2.45, 2.75) is 14.7 Å². The molecule has 0 heterocycles. The highest BCUT2D eigenvalue weighted by atomic mass is 32.2. The summed E-state index contributed by atoms with van der Waals surface area (Å²) < 4.78 is 4.55. The smallest absolute Gasteiger partial charge is 0.276 e. The molecule has 1 N–H and O–H groups in total. The van der Waals surface area contributed by atoms with E-state index in [1.54, 1.807) is 3.71 Å². The topological polar surface area (TPSA) is 32.3 Å². The molecule has 0 saturated heterocycles. The van der Waals surface area contributed by atoms with E-state index in [9.17, 15) is 4.79 Å². The minimum Gasteiger partial charge on any atom is -0.276 e. The zero-order valence-corrected chi connectivity index (χ0v) is 15.7. The average molecular weight is 385 g/mol. The van der Waals surface area contributed by atoms with E-state index in [1.807, 2.05) is 91.0 Å². The first-order valence-corrected chi connectivity index (χ1v) is 9.95. The molecule has 3 aromatic rings. The van der Waals surface area contributed by atoms with Crippen molar-refractivity contribution in [3.63, 3.8) is 0 Å². The predicted octanol–water partition coefficient (Wildman–Crippen LogP) is 6.12. The lowest BCUT2D eigenvalue weighted by Gasteiger charge is -2.20. The van der Waals surface area contributed by atoms with Crippen molar-refractivity contribution in [2.75, 3.05) is 0 Å². The van der Waals surface area contributed by atoms with Crippen LogP contribution in [0.1, 0.15) is 0 Å². The molecule has 0 radical (unpaired) electrons. The molecule has 0 spiro atoms. The van der Waals surface area contributed by atoms with Crippen LogP contribution in [0, 0.1) is 0 Å². The fraction of sp³-hybridized carbons (Fsp3) is 0. The molecule has 0 aliphatic heterocycles. The number of hydrogen-bond donors (Lipinski definition) is 1. The molecule has 0 aliphatic carbocycles. The maximum absolute atomic E-state index is 12.7. The van der Waals surface area contributed by atoms with Crippen molar-refractivity contribution in [3.8, 4) is 0 Å². The summed E-state index contributed by atoms with van der Waals surface area (Å²) in [5.74, 6) is 0. The zero-order valence-electron chi connectivity index (χ0n) is 13.2. The van der Waals surface area contributed by atoms with Crippen LogP contribution in [-0.4, -0.2) is 9.74 Å². The minimum absolute atomic E-state index is 0.170. The van der Waals surface area contributed by atoms with Crippen LogP contribution in [0.15, 0.2) is 106 Å². The first-order valence-electron chi connectivity index (χ1n) is 7.59. The maximum Gasteiger partial charge on any atom is 0.348 e. The minimum atomic E-state index is -0.170. The van der Waals surface area contributed by atoms with Gasteiger partial charge in [-0.15, -0.1) is 0 Å². The third-order valence-electron chi connectivity index (χ3n) is 3.03. The molecule has 2 amide bonds. The van der Waals surface area contributed by atoms with Gasteiger partial charge in [-0.25, -0.2) is 4.79 Å². The number of hydrogen-bond acceptors (Lipinski definition) is 4. The SMILES string of the molecule is O=C(NSc1ccccc1)N(Sc1ccccc1)Sc1ccccc1. The largest absolute Gasteiger partial charge is 0.348 e. The van der Waals surface area contributed by atoms with Crippen LogP contribution in [0.25, 0.3) is 0 Å². The monoisotopic (exact) mass is 384 g/mol. The maximum atomic E-state index is 12.7. The summed E-state index contributed by atoms with van der Waals surface area (Å²) in [5.41, 5.74) is 0. The summed E-state index contributed by atoms with van der Waals surface area (Å²) >= 11 is 4.11. The summed E-state index contributed by atoms with van der Waals surface area (Å²) in [6.07, 6.45) is 0. The lowest BCUT2D eigenvalue weighted by molar-refractivity contribution is 0.244. The van der Waals surface area contributed by atoms with Gasteiger partial charge in [0.1, 0.15) is 0 Å². The highest BCUT2D eigenvalue weighted by molar-refractivity contribution is 8.13. The first kappa shape index (κ1) is 17.8. The highest BCUT2D eigenvalue weighted by Crippen LogP contribution is 2.34. The molecule has 0 bridgehead atoms. The fourth-order valence-electron chi connectivity index (χ4n) is 1.88. The van der Waals surface area contributed by atoms with E-state index < -0.39 is 0 Å². The fourth-order valence-corrected chi connectivity index (χ4v) is 4.45. The van der Waals surface area contributed by atoms with Crippen LogP contribution < -0.4 is 4.72 Å². The van der Waals surface area contributed by atoms with Crippen LogP contribution in [0.4, 0.5) is 4.79 Å². The lowest BCUT2D eigenvalue weighted by atomic mass is 10.4. The van der Waals surface area contributed by atoms with Crippen molar-refractivity contribution in [3.05, 3.63) is 91.0 Å². The van der Waals surface area contributed by atoms with Gasteiger partial charge in [-0.2, -0.15) is 3.71 Å². The standard InChI is InChI=1S/C19H16N2OS3/c22-19(20-23-16-10-4-1-5-11-16)21(24-17-12-6-2-7-13-17)25-18-14-8-3-9-15-18/h1-15H,(H,20,22). The number of carbonyl (C=O) groups is 1. The quantitative estimate of drug-likeness (QED) is 0.519. The van der Waals surface area contributed by atoms with Crippen molar-refractivity contribution in [1.82, 2.24) is 8.43 Å². The van der Waals surface area contributed by atoms with Gasteiger partial charge >= 0.3 is 6.03 Å². The van der Waals surface area contributed by atoms with E-state index in [1.165, 1.54) is 35.8 Å². The Bertz CT molecular complexity index is 744. The second-order valence-corrected chi connectivity index (χ2v) is 8.04. The molecule has 0 unspecified atom stereocenters. The van der Waals surface area contributed by atoms with Crippen LogP contribution in [-0.2, 0) is 0 Å². The molecule has 3 rings (SSSR count). The van der Waals surface area contributed by atoms with Crippen molar-refractivity contribution < 1.29 is 4.79 Å². The molecule has 3 aromatic carbocycles. The third-order valence-corrected chi connectivity index (χ3v) is 5.89. The molecule has 0 fully saturated rings. The van der Waals surface area contributed by atoms with Gasteiger partial charge in [0.25, 0.3) is 0 Å². The summed E-state index contributed by atoms with van der Waals surface area (Å²) in [6, 6.07) is 29.3. The number of carbonyl (C=O) groups excluding carboxylic acids is 1. The normalized spacial score (nSPS) is 10.2. The average Bonchev–Trinajstić information content (AvgIpc) is 2.68. The summed E-state index contributed by atoms with van der Waals surface area (Å²) in [6.45, 7) is 0. The van der Waals surface area contributed by atoms with Crippen molar-refractivity contribution in [2.24, 2.45) is 0 Å². The number of nitrogens with zero attached hydrogens (tertiary/aromatic N) is 1. The third kappa shape index (κ3) is 5.77. The number of amides is 2. The number of nitrogens with one attached hydrogen (secondary N) is 1. The molecule has 0 saturated carbocycles. The van der Waals surface area contributed by atoms with E-state index in [2.05, 4.69) is 4.72 Å². The van der Waals surface area contributed by atoms with Gasteiger partial charge in [-0.05, 0) is 48.3 Å². The van der Waals surface area contributed by atoms with Crippen LogP contribution >= 0.6 is 35.8 Å². The van der Waals surface area contributed by atoms with Gasteiger partial charge < -0.3 is 0 Å². The molecular weight excluding hydrogens is 368 g/mol. The molecule has 0 atom stereocenters. The van der Waals surface area contributed by atoms with Crippen LogP contribution in [0.2, 0.25) is 0 Å². The molecule has 3 nitrogen and oxygen atoms in total. The van der Waals surface area contributed by atoms with Crippen molar-refractivity contribution >= 4 is 41.9 Å². The number of benzene rings is 3. The summed E-state index contributed by atoms with van der Waals surface area (Å²) in [4.78, 5) is 15.7. The van der Waals surface area contributed by atoms with Crippen LogP contribution in [0.5, 0.6) is 0 Å². The first-order chi connectivity index (χ1) is 12.3. The second-order valence-electron chi connectivity index (χ2n) is 4.89. The Morgan fingerprint density at radius 1 is 0.640 bits per heavy atom. The van der Waals surface area contributed by atoms with Gasteiger partial charge in [0.05, 0.1) is 0 Å². The summed E-state index contributed by atoms with van der Waals surface area (Å²) in [7, 11) is 0. The Morgan fingerprint density at radius 2 is 1.04 bits per heavy atom. The molecule has 25 heavy (non-hydrogen) atoms. The van der Waals surface area contributed by atoms with E-state index in [4.69, 9.17) is 0 Å². The van der Waals surface area contributed by atoms with Gasteiger partial charge in [0.2, 0.25) is 0 Å². The molecular formula is C19H16N2OS3. The Labute approximate surface area is 160 Å². The number of urea groups is 1. The Morgan fingerprint density at radius 3 is 1.48 bits per heavy atom. The second kappa shape index (κ2) is 9.46. The van der Waals surface area contributed by atoms with E-state index >= 15 is 0 Å². The highest BCUT2D eigenvalue weighted by Gasteiger charge is 2.17. The van der Waals surface area contributed by atoms with E-state index in [0.717, 1.165) is 14.7 Å². The van der Waals surface area contributed by atoms with Gasteiger partial charge in [0, 0.05) is 38.6 Å². The molecule has 6 heteroatoms. The van der Waals surface area contributed by atoms with Crippen molar-refractivity contribution in [1.29, 1.82) is 0 Å². The zero-order chi connectivity index (χ0) is 17.3. The Kier molecular flexibility index (Phi) is 6.73. The van der Waals surface area contributed by atoms with Gasteiger partial charge in [-0.1, -0.05) is 54.6 Å².